The first-order valence-electron chi connectivity index (χ1n) is 6.83. The zero-order valence-corrected chi connectivity index (χ0v) is 11.6. The zero-order valence-electron chi connectivity index (χ0n) is 11.6. The van der Waals surface area contributed by atoms with Gasteiger partial charge in [-0.15, -0.1) is 0 Å². The molecule has 0 spiro atoms. The fourth-order valence-corrected chi connectivity index (χ4v) is 2.41. The molecule has 0 unspecified atom stereocenters. The molecular formula is C18H20O. The zero-order chi connectivity index (χ0) is 13.7. The van der Waals surface area contributed by atoms with Crippen molar-refractivity contribution in [3.8, 4) is 0 Å². The van der Waals surface area contributed by atoms with Crippen LogP contribution < -0.4 is 0 Å². The Kier molecular flexibility index (Phi) is 4.40. The molecule has 0 atom stereocenters. The molecule has 0 heterocycles. The van der Waals surface area contributed by atoms with Gasteiger partial charge in [0.25, 0.3) is 0 Å². The summed E-state index contributed by atoms with van der Waals surface area (Å²) in [6.07, 6.45) is 3.76. The summed E-state index contributed by atoms with van der Waals surface area (Å²) in [6, 6.07) is 16.1. The number of hydrogen-bond acceptors (Lipinski definition) is 1. The first kappa shape index (κ1) is 13.4. The number of aliphatic hydroxyl groups excluding tert-OH is 1. The molecule has 0 saturated heterocycles. The number of aryl methyl sites for hydroxylation is 1. The minimum atomic E-state index is 0.346. The molecule has 1 nitrogen and oxygen atoms in total. The Morgan fingerprint density at radius 2 is 1.68 bits per heavy atom. The van der Waals surface area contributed by atoms with Crippen molar-refractivity contribution in [3.63, 3.8) is 0 Å². The van der Waals surface area contributed by atoms with Crippen LogP contribution in [0, 0.1) is 0 Å². The van der Waals surface area contributed by atoms with Gasteiger partial charge in [0, 0.05) is 5.56 Å². The van der Waals surface area contributed by atoms with Crippen molar-refractivity contribution in [1.29, 1.82) is 0 Å². The van der Waals surface area contributed by atoms with Gasteiger partial charge >= 0.3 is 0 Å². The van der Waals surface area contributed by atoms with Gasteiger partial charge in [-0.05, 0) is 35.6 Å². The van der Waals surface area contributed by atoms with Crippen LogP contribution in [0.4, 0.5) is 0 Å². The van der Waals surface area contributed by atoms with Gasteiger partial charge in [-0.2, -0.15) is 0 Å². The Hall–Kier alpha value is -2.02. The monoisotopic (exact) mass is 252 g/mol. The van der Waals surface area contributed by atoms with Crippen molar-refractivity contribution in [2.24, 2.45) is 0 Å². The molecule has 0 aromatic heterocycles. The van der Waals surface area contributed by atoms with Gasteiger partial charge in [-0.1, -0.05) is 62.4 Å². The van der Waals surface area contributed by atoms with E-state index in [0.717, 1.165) is 24.0 Å². The van der Waals surface area contributed by atoms with Crippen LogP contribution in [0.25, 0.3) is 11.8 Å². The van der Waals surface area contributed by atoms with Crippen LogP contribution in [0.1, 0.15) is 36.1 Å². The van der Waals surface area contributed by atoms with Crippen molar-refractivity contribution in [3.05, 3.63) is 70.8 Å². The van der Waals surface area contributed by atoms with Gasteiger partial charge in [0.15, 0.2) is 0 Å². The third-order valence-corrected chi connectivity index (χ3v) is 3.39. The quantitative estimate of drug-likeness (QED) is 0.608. The molecular weight excluding hydrogens is 232 g/mol. The lowest BCUT2D eigenvalue weighted by atomic mass is 9.95. The Balaban J connectivity index is 2.44. The lowest BCUT2D eigenvalue weighted by molar-refractivity contribution is 0.514. The van der Waals surface area contributed by atoms with Crippen molar-refractivity contribution in [2.45, 2.75) is 26.7 Å². The number of benzene rings is 2. The maximum absolute atomic E-state index is 10.4. The molecule has 1 N–H and O–H groups in total. The van der Waals surface area contributed by atoms with E-state index in [2.05, 4.69) is 19.9 Å². The van der Waals surface area contributed by atoms with E-state index in [1.807, 2.05) is 48.5 Å². The highest BCUT2D eigenvalue weighted by Gasteiger charge is 2.08. The molecule has 2 aromatic rings. The third kappa shape index (κ3) is 3.05. The number of aliphatic hydroxyl groups is 1. The Morgan fingerprint density at radius 3 is 2.32 bits per heavy atom. The highest BCUT2D eigenvalue weighted by Crippen LogP contribution is 2.23. The van der Waals surface area contributed by atoms with Crippen molar-refractivity contribution < 1.29 is 5.11 Å². The molecule has 0 aliphatic heterocycles. The van der Waals surface area contributed by atoms with Crippen LogP contribution >= 0.6 is 0 Å². The third-order valence-electron chi connectivity index (χ3n) is 3.39. The van der Waals surface area contributed by atoms with Crippen molar-refractivity contribution in [1.82, 2.24) is 0 Å². The molecule has 0 bridgehead atoms. The summed E-state index contributed by atoms with van der Waals surface area (Å²) in [5.74, 6) is 0.346. The standard InChI is InChI=1S/C18H20O/c1-3-15-11-8-12-17(16(15)4-2)18(19)13-14-9-6-5-7-10-14/h5-13,19H,3-4H2,1-2H3. The van der Waals surface area contributed by atoms with Crippen LogP contribution in [0.5, 0.6) is 0 Å². The second kappa shape index (κ2) is 6.24. The first-order valence-corrected chi connectivity index (χ1v) is 6.83. The first-order chi connectivity index (χ1) is 9.26. The number of rotatable bonds is 4. The van der Waals surface area contributed by atoms with Crippen LogP contribution in [-0.4, -0.2) is 5.11 Å². The van der Waals surface area contributed by atoms with E-state index in [1.54, 1.807) is 0 Å². The maximum Gasteiger partial charge on any atom is 0.123 e. The van der Waals surface area contributed by atoms with Crippen LogP contribution in [0.15, 0.2) is 48.5 Å². The molecule has 2 aromatic carbocycles. The van der Waals surface area contributed by atoms with E-state index >= 15 is 0 Å². The fourth-order valence-electron chi connectivity index (χ4n) is 2.41. The summed E-state index contributed by atoms with van der Waals surface area (Å²) in [6.45, 7) is 4.28. The predicted octanol–water partition coefficient (Wildman–Crippen LogP) is 4.87. The Morgan fingerprint density at radius 1 is 0.947 bits per heavy atom. The maximum atomic E-state index is 10.4. The lowest BCUT2D eigenvalue weighted by Crippen LogP contribution is -1.97. The molecule has 0 aliphatic carbocycles. The van der Waals surface area contributed by atoms with E-state index in [9.17, 15) is 5.11 Å². The van der Waals surface area contributed by atoms with E-state index < -0.39 is 0 Å². The van der Waals surface area contributed by atoms with Gasteiger partial charge in [0.1, 0.15) is 5.76 Å². The van der Waals surface area contributed by atoms with Crippen LogP contribution in [0.2, 0.25) is 0 Å². The summed E-state index contributed by atoms with van der Waals surface area (Å²) >= 11 is 0. The molecule has 0 radical (unpaired) electrons. The second-order valence-corrected chi connectivity index (χ2v) is 4.59. The van der Waals surface area contributed by atoms with E-state index in [-0.39, 0.29) is 0 Å². The highest BCUT2D eigenvalue weighted by molar-refractivity contribution is 5.78. The molecule has 0 aliphatic rings. The summed E-state index contributed by atoms with van der Waals surface area (Å²) in [7, 11) is 0. The predicted molar refractivity (Wildman–Crippen MR) is 82.1 cm³/mol. The van der Waals surface area contributed by atoms with E-state index in [4.69, 9.17) is 0 Å². The van der Waals surface area contributed by atoms with Gasteiger partial charge in [0.2, 0.25) is 0 Å². The molecule has 1 heteroatoms. The smallest absolute Gasteiger partial charge is 0.123 e. The average Bonchev–Trinajstić information content (AvgIpc) is 2.47. The summed E-state index contributed by atoms with van der Waals surface area (Å²) in [4.78, 5) is 0. The van der Waals surface area contributed by atoms with Crippen molar-refractivity contribution in [2.75, 3.05) is 0 Å². The van der Waals surface area contributed by atoms with E-state index in [1.165, 1.54) is 11.1 Å². The minimum Gasteiger partial charge on any atom is -0.507 e. The van der Waals surface area contributed by atoms with Crippen molar-refractivity contribution >= 4 is 11.8 Å². The average molecular weight is 252 g/mol. The number of hydrogen-bond donors (Lipinski definition) is 1. The fraction of sp³-hybridized carbons (Fsp3) is 0.222. The normalized spacial score (nSPS) is 11.6. The summed E-state index contributed by atoms with van der Waals surface area (Å²) < 4.78 is 0. The molecule has 98 valence electrons. The van der Waals surface area contributed by atoms with Crippen LogP contribution in [-0.2, 0) is 12.8 Å². The van der Waals surface area contributed by atoms with Gasteiger partial charge < -0.3 is 5.11 Å². The molecule has 2 rings (SSSR count). The van der Waals surface area contributed by atoms with Gasteiger partial charge in [0.05, 0.1) is 0 Å². The lowest BCUT2D eigenvalue weighted by Gasteiger charge is -2.12. The SMILES string of the molecule is CCc1cccc(C(O)=Cc2ccccc2)c1CC. The highest BCUT2D eigenvalue weighted by atomic mass is 16.3. The molecule has 0 amide bonds. The van der Waals surface area contributed by atoms with E-state index in [0.29, 0.717) is 5.76 Å². The minimum absolute atomic E-state index is 0.346. The van der Waals surface area contributed by atoms with Gasteiger partial charge in [-0.25, -0.2) is 0 Å². The summed E-state index contributed by atoms with van der Waals surface area (Å²) in [5.41, 5.74) is 4.53. The molecule has 0 fully saturated rings. The molecule has 0 saturated carbocycles. The Labute approximate surface area is 115 Å². The van der Waals surface area contributed by atoms with Gasteiger partial charge in [-0.3, -0.25) is 0 Å². The van der Waals surface area contributed by atoms with Crippen LogP contribution in [0.3, 0.4) is 0 Å². The summed E-state index contributed by atoms with van der Waals surface area (Å²) in [5, 5.41) is 10.4. The largest absolute Gasteiger partial charge is 0.507 e. The Bertz CT molecular complexity index is 567. The second-order valence-electron chi connectivity index (χ2n) is 4.59. The topological polar surface area (TPSA) is 20.2 Å². The molecule has 19 heavy (non-hydrogen) atoms.